The number of nitrogens with zero attached hydrogens (tertiary/aromatic N) is 8. The van der Waals surface area contributed by atoms with Gasteiger partial charge in [-0.3, -0.25) is 47.7 Å². The Hall–Kier alpha value is -8.40. The van der Waals surface area contributed by atoms with Crippen LogP contribution in [0.15, 0.2) is 72.2 Å². The van der Waals surface area contributed by atoms with E-state index < -0.39 is 90.6 Å². The van der Waals surface area contributed by atoms with Crippen LogP contribution in [0.2, 0.25) is 5.02 Å². The van der Waals surface area contributed by atoms with E-state index in [1.54, 1.807) is 38.6 Å². The standard InChI is InChI=1S/C67H81ClN13O14PS/c1-36(39-13-17-42(18-14-39)59-37(2)70-35-97-59)71-63(88)52-29-47(83)30-79(52)65(90)60-67(4,5)34-78(32-53-58(41-15-16-41)75-76-81(53)60)56(85)12-7-6-9-40-10-8-11-54(57(40)68)95-33-45(20-24-55(69)84)72-62(87)51-23-21-46-25-26-77(38(3)82)31-50(64(89)80(46)51)74-61(86)49-28-44-27-43(19-22-48(44)73-49)66(91)96(92,93)94/h8,10-11,13-14,17-19,22,27-28,35-36,41,45-47,50-52,60,73,83H,6-7,9,12,15-16,20-21,23-26,29-34H2,1-5H3,(H2,69,84)(H,71,88)(H,72,87)(H,74,86)(H2,92,93,94)/t36-,45-,46+,47+,50-,51-,52-,60+/m0/s1. The number of nitrogens with one attached hydrogen (secondary N) is 4. The fraction of sp³-hybridized carbons (Fsp3) is 0.493. The van der Waals surface area contributed by atoms with Gasteiger partial charge in [0.05, 0.1) is 57.2 Å². The van der Waals surface area contributed by atoms with Crippen LogP contribution in [0.25, 0.3) is 21.3 Å². The first kappa shape index (κ1) is 69.9. The van der Waals surface area contributed by atoms with Crippen molar-refractivity contribution in [3.05, 3.63) is 117 Å². The number of aromatic amines is 1. The number of aryl methyl sites for hydroxylation is 2. The molecule has 11 rings (SSSR count). The van der Waals surface area contributed by atoms with Gasteiger partial charge in [0.1, 0.15) is 42.2 Å². The first-order chi connectivity index (χ1) is 46.1. The van der Waals surface area contributed by atoms with Crippen LogP contribution in [-0.2, 0) is 51.1 Å². The number of primary amides is 1. The van der Waals surface area contributed by atoms with Crippen LogP contribution >= 0.6 is 30.5 Å². The number of halogens is 1. The summed E-state index contributed by atoms with van der Waals surface area (Å²) < 4.78 is 19.6. The highest BCUT2D eigenvalue weighted by atomic mass is 35.5. The van der Waals surface area contributed by atoms with Crippen LogP contribution in [0, 0.1) is 12.3 Å². The molecule has 3 saturated heterocycles. The van der Waals surface area contributed by atoms with E-state index in [0.29, 0.717) is 54.1 Å². The van der Waals surface area contributed by atoms with Crippen molar-refractivity contribution in [1.29, 1.82) is 0 Å². The average molecular weight is 1390 g/mol. The Bertz CT molecular complexity index is 4090. The highest BCUT2D eigenvalue weighted by molar-refractivity contribution is 7.70. The third-order valence-electron chi connectivity index (χ3n) is 19.2. The summed E-state index contributed by atoms with van der Waals surface area (Å²) >= 11 is 8.58. The molecule has 516 valence electrons. The lowest BCUT2D eigenvalue weighted by Crippen LogP contribution is -2.61. The Labute approximate surface area is 568 Å². The second-order valence-electron chi connectivity index (χ2n) is 26.9. The predicted molar refractivity (Wildman–Crippen MR) is 357 cm³/mol. The van der Waals surface area contributed by atoms with Crippen LogP contribution in [0.1, 0.15) is 165 Å². The van der Waals surface area contributed by atoms with Gasteiger partial charge in [0, 0.05) is 86.2 Å². The number of thiazole rings is 1. The highest BCUT2D eigenvalue weighted by Crippen LogP contribution is 2.46. The number of H-pyrrole nitrogens is 1. The molecule has 27 nitrogen and oxygen atoms in total. The highest BCUT2D eigenvalue weighted by Gasteiger charge is 2.51. The molecule has 4 aliphatic heterocycles. The summed E-state index contributed by atoms with van der Waals surface area (Å²) in [5.41, 5.74) is 10.1. The number of carbonyl (C=O) groups excluding carboxylic acids is 9. The Morgan fingerprint density at radius 1 is 0.918 bits per heavy atom. The number of benzene rings is 3. The van der Waals surface area contributed by atoms with Crippen molar-refractivity contribution in [3.63, 3.8) is 0 Å². The molecule has 0 bridgehead atoms. The van der Waals surface area contributed by atoms with E-state index in [4.69, 9.17) is 22.1 Å². The van der Waals surface area contributed by atoms with E-state index in [2.05, 4.69) is 36.2 Å². The lowest BCUT2D eigenvalue weighted by molar-refractivity contribution is -0.145. The zero-order valence-electron chi connectivity index (χ0n) is 54.6. The molecular formula is C67H81ClN13O14PS. The van der Waals surface area contributed by atoms with E-state index in [9.17, 15) is 57.8 Å². The number of aliphatic hydroxyl groups is 1. The molecule has 8 amide bonds. The molecular weight excluding hydrogens is 1310 g/mol. The third-order valence-corrected chi connectivity index (χ3v) is 21.4. The number of nitrogens with two attached hydrogens (primary N) is 1. The Kier molecular flexibility index (Phi) is 20.9. The van der Waals surface area contributed by atoms with Crippen molar-refractivity contribution in [2.45, 2.75) is 173 Å². The number of aliphatic hydroxyl groups excluding tert-OH is 1. The average Bonchev–Trinajstić information content (AvgIpc) is 1.60. The van der Waals surface area contributed by atoms with Gasteiger partial charge in [-0.15, -0.1) is 16.4 Å². The maximum Gasteiger partial charge on any atom is 0.396 e. The summed E-state index contributed by atoms with van der Waals surface area (Å²) in [5, 5.41) is 29.7. The van der Waals surface area contributed by atoms with E-state index in [1.807, 2.05) is 58.0 Å². The number of amides is 8. The molecule has 5 aliphatic rings. The molecule has 6 aromatic rings. The number of aromatic nitrogens is 5. The minimum atomic E-state index is -5.10. The van der Waals surface area contributed by atoms with Gasteiger partial charge in [0.25, 0.3) is 11.4 Å². The molecule has 3 aromatic carbocycles. The molecule has 0 spiro atoms. The van der Waals surface area contributed by atoms with E-state index >= 15 is 4.79 Å². The van der Waals surface area contributed by atoms with Gasteiger partial charge >= 0.3 is 7.60 Å². The fourth-order valence-electron chi connectivity index (χ4n) is 13.9. The van der Waals surface area contributed by atoms with Crippen LogP contribution < -0.4 is 26.4 Å². The Morgan fingerprint density at radius 3 is 2.37 bits per heavy atom. The lowest BCUT2D eigenvalue weighted by Gasteiger charge is -2.38. The minimum absolute atomic E-state index is 0.0501. The first-order valence-electron chi connectivity index (χ1n) is 32.8. The number of unbranched alkanes of at least 4 members (excludes halogenated alkanes) is 1. The normalized spacial score (nSPS) is 21.6. The van der Waals surface area contributed by atoms with Gasteiger partial charge < -0.3 is 65.9 Å². The molecule has 7 heterocycles. The molecule has 8 atom stereocenters. The summed E-state index contributed by atoms with van der Waals surface area (Å²) in [7, 11) is -5.10. The minimum Gasteiger partial charge on any atom is -0.490 e. The van der Waals surface area contributed by atoms with Crippen molar-refractivity contribution in [1.82, 2.24) is 60.5 Å². The van der Waals surface area contributed by atoms with Gasteiger partial charge in [0.2, 0.25) is 41.4 Å². The number of rotatable bonds is 23. The number of carbonyl (C=O) groups is 9. The van der Waals surface area contributed by atoms with E-state index in [-0.39, 0.29) is 118 Å². The largest absolute Gasteiger partial charge is 0.490 e. The SMILES string of the molecule is CC(=O)N1CC[C@H]2CC[C@@H](C(=O)N[C@@H](CCC(N)=O)COc3cccc(CCCCC(=O)N4Cc5c(C6CC6)nnn5[C@H](C(=O)N5C[C@H](O)C[C@H]5C(=O)N[C@@H](C)c5ccc(-c6scnc6C)cc5)C(C)(C)C4)c3Cl)N2C(=O)[C@@H](NC(=O)c2cc3cc(C(=O)P(=O)(O)O)ccc3[nH]2)C1. The molecule has 1 aliphatic carbocycles. The lowest BCUT2D eigenvalue weighted by atomic mass is 9.83. The van der Waals surface area contributed by atoms with Gasteiger partial charge in [-0.05, 0) is 119 Å². The number of β-amino-alcohol motifs (C(OH)–C–C–N with tert-alkyl or cyclic N) is 1. The third kappa shape index (κ3) is 15.6. The monoisotopic (exact) mass is 1390 g/mol. The second-order valence-corrected chi connectivity index (χ2v) is 29.6. The molecule has 0 unspecified atom stereocenters. The number of hydrogen-bond donors (Lipinski definition) is 8. The van der Waals surface area contributed by atoms with Crippen LogP contribution in [0.4, 0.5) is 0 Å². The van der Waals surface area contributed by atoms with Crippen LogP contribution in [0.3, 0.4) is 0 Å². The summed E-state index contributed by atoms with van der Waals surface area (Å²) in [6.07, 6.45) is 3.55. The number of hydrogen-bond acceptors (Lipinski definition) is 16. The molecule has 97 heavy (non-hydrogen) atoms. The first-order valence-corrected chi connectivity index (χ1v) is 35.6. The van der Waals surface area contributed by atoms with E-state index in [1.165, 1.54) is 45.9 Å². The molecule has 0 radical (unpaired) electrons. The Balaban J connectivity index is 0.706. The number of likely N-dealkylation sites (tertiary alicyclic amines) is 1. The van der Waals surface area contributed by atoms with Crippen LogP contribution in [-0.4, -0.2) is 181 Å². The topological polar surface area (TPSA) is 375 Å². The fourth-order valence-corrected chi connectivity index (χ4v) is 15.5. The summed E-state index contributed by atoms with van der Waals surface area (Å²) in [6.45, 7) is 9.19. The van der Waals surface area contributed by atoms with E-state index in [0.717, 1.165) is 45.8 Å². The zero-order valence-corrected chi connectivity index (χ0v) is 57.0. The smallest absolute Gasteiger partial charge is 0.396 e. The number of fused-ring (bicyclic) bond motifs is 3. The Morgan fingerprint density at radius 2 is 1.67 bits per heavy atom. The second kappa shape index (κ2) is 29.0. The molecule has 1 saturated carbocycles. The summed E-state index contributed by atoms with van der Waals surface area (Å²) in [4.78, 5) is 157. The summed E-state index contributed by atoms with van der Waals surface area (Å²) in [6, 6.07) is 12.4. The predicted octanol–water partition coefficient (Wildman–Crippen LogP) is 5.74. The molecule has 4 fully saturated rings. The maximum atomic E-state index is 15.2. The zero-order chi connectivity index (χ0) is 69.4. The van der Waals surface area contributed by atoms with Gasteiger partial charge in [-0.25, -0.2) is 9.67 Å². The van der Waals surface area contributed by atoms with Gasteiger partial charge in [-0.1, -0.05) is 67.1 Å². The van der Waals surface area contributed by atoms with Crippen molar-refractivity contribution < 1.29 is 67.3 Å². The molecule has 9 N–H and O–H groups in total. The van der Waals surface area contributed by atoms with Crippen molar-refractivity contribution in [2.75, 3.05) is 32.8 Å². The van der Waals surface area contributed by atoms with Crippen molar-refractivity contribution in [2.24, 2.45) is 11.1 Å². The quantitative estimate of drug-likeness (QED) is 0.0280. The number of ether oxygens (including phenoxy) is 1. The molecule has 3 aromatic heterocycles. The van der Waals surface area contributed by atoms with Gasteiger partial charge in [0.15, 0.2) is 0 Å². The van der Waals surface area contributed by atoms with Crippen LogP contribution in [0.5, 0.6) is 5.75 Å². The maximum absolute atomic E-state index is 15.2. The summed E-state index contributed by atoms with van der Waals surface area (Å²) in [5.74, 6) is -3.33. The molecule has 30 heteroatoms. The van der Waals surface area contributed by atoms with Gasteiger partial charge in [-0.2, -0.15) is 0 Å². The van der Waals surface area contributed by atoms with Crippen molar-refractivity contribution >= 4 is 94.2 Å². The van der Waals surface area contributed by atoms with Crippen molar-refractivity contribution in [3.8, 4) is 16.2 Å².